The number of nitrogens with zero attached hydrogens (tertiary/aromatic N) is 3. The van der Waals surface area contributed by atoms with E-state index in [9.17, 15) is 0 Å². The molecule has 0 aliphatic heterocycles. The van der Waals surface area contributed by atoms with Crippen LogP contribution in [0.1, 0.15) is 30.5 Å². The molecular formula is C15H17N3S2. The Morgan fingerprint density at radius 3 is 2.75 bits per heavy atom. The van der Waals surface area contributed by atoms with Gasteiger partial charge in [-0.1, -0.05) is 37.7 Å². The third-order valence-corrected chi connectivity index (χ3v) is 5.42. The first-order valence-electron chi connectivity index (χ1n) is 6.63. The van der Waals surface area contributed by atoms with Gasteiger partial charge < -0.3 is 4.57 Å². The third kappa shape index (κ3) is 2.60. The zero-order chi connectivity index (χ0) is 14.1. The first-order valence-corrected chi connectivity index (χ1v) is 8.50. The van der Waals surface area contributed by atoms with Gasteiger partial charge >= 0.3 is 0 Å². The summed E-state index contributed by atoms with van der Waals surface area (Å²) in [6.07, 6.45) is 0. The molecule has 0 unspecified atom stereocenters. The molecule has 0 radical (unpaired) electrons. The average Bonchev–Trinajstić information content (AvgIpc) is 3.03. The highest BCUT2D eigenvalue weighted by Gasteiger charge is 2.10. The summed E-state index contributed by atoms with van der Waals surface area (Å²) in [7, 11) is 2.07. The highest BCUT2D eigenvalue weighted by molar-refractivity contribution is 7.98. The number of hydrogen-bond donors (Lipinski definition) is 0. The fourth-order valence-corrected chi connectivity index (χ4v) is 3.87. The summed E-state index contributed by atoms with van der Waals surface area (Å²) in [6.45, 7) is 4.36. The minimum atomic E-state index is 0.509. The highest BCUT2D eigenvalue weighted by atomic mass is 32.2. The highest BCUT2D eigenvalue weighted by Crippen LogP contribution is 2.27. The van der Waals surface area contributed by atoms with Crippen molar-refractivity contribution in [1.29, 1.82) is 0 Å². The molecule has 2 heterocycles. The van der Waals surface area contributed by atoms with Crippen molar-refractivity contribution in [3.05, 3.63) is 40.3 Å². The number of para-hydroxylation sites is 2. The number of fused-ring (bicyclic) bond motifs is 1. The van der Waals surface area contributed by atoms with E-state index >= 15 is 0 Å². The molecule has 0 spiro atoms. The maximum Gasteiger partial charge on any atom is 0.169 e. The van der Waals surface area contributed by atoms with E-state index in [1.807, 2.05) is 12.1 Å². The lowest BCUT2D eigenvalue weighted by Crippen LogP contribution is -1.92. The van der Waals surface area contributed by atoms with Gasteiger partial charge in [0.1, 0.15) is 0 Å². The van der Waals surface area contributed by atoms with E-state index in [4.69, 9.17) is 0 Å². The molecule has 104 valence electrons. The lowest BCUT2D eigenvalue weighted by Gasteiger charge is -2.00. The van der Waals surface area contributed by atoms with Crippen LogP contribution in [0, 0.1) is 0 Å². The summed E-state index contributed by atoms with van der Waals surface area (Å²) in [4.78, 5) is 9.34. The van der Waals surface area contributed by atoms with Crippen molar-refractivity contribution >= 4 is 34.1 Å². The predicted molar refractivity (Wildman–Crippen MR) is 86.5 cm³/mol. The van der Waals surface area contributed by atoms with Gasteiger partial charge in [-0.15, -0.1) is 11.3 Å². The topological polar surface area (TPSA) is 30.7 Å². The van der Waals surface area contributed by atoms with Crippen molar-refractivity contribution in [2.75, 3.05) is 0 Å². The van der Waals surface area contributed by atoms with Gasteiger partial charge in [-0.3, -0.25) is 0 Å². The Hall–Kier alpha value is -1.33. The zero-order valence-corrected chi connectivity index (χ0v) is 13.5. The van der Waals surface area contributed by atoms with Gasteiger partial charge in [0.25, 0.3) is 0 Å². The Morgan fingerprint density at radius 1 is 1.25 bits per heavy atom. The first-order chi connectivity index (χ1) is 9.65. The van der Waals surface area contributed by atoms with Crippen LogP contribution in [0.25, 0.3) is 11.0 Å². The summed E-state index contributed by atoms with van der Waals surface area (Å²) < 4.78 is 2.15. The van der Waals surface area contributed by atoms with Gasteiger partial charge in [0.2, 0.25) is 0 Å². The number of imidazole rings is 1. The summed E-state index contributed by atoms with van der Waals surface area (Å²) in [5, 5.41) is 4.42. The quantitative estimate of drug-likeness (QED) is 0.667. The fourth-order valence-electron chi connectivity index (χ4n) is 2.05. The SMILES string of the molecule is CC(C)c1nc(CSc2nc3ccccc3n2C)cs1. The molecule has 0 bridgehead atoms. The van der Waals surface area contributed by atoms with Crippen LogP contribution < -0.4 is 0 Å². The molecule has 0 fully saturated rings. The number of rotatable bonds is 4. The van der Waals surface area contributed by atoms with Gasteiger partial charge in [-0.2, -0.15) is 0 Å². The Balaban J connectivity index is 1.77. The van der Waals surface area contributed by atoms with E-state index in [1.54, 1.807) is 23.1 Å². The van der Waals surface area contributed by atoms with Crippen LogP contribution in [0.4, 0.5) is 0 Å². The number of benzene rings is 1. The number of aromatic nitrogens is 3. The van der Waals surface area contributed by atoms with E-state index in [2.05, 4.69) is 52.9 Å². The Bertz CT molecular complexity index is 728. The molecule has 3 aromatic rings. The molecular weight excluding hydrogens is 286 g/mol. The normalized spacial score (nSPS) is 11.6. The van der Waals surface area contributed by atoms with Gasteiger partial charge in [-0.05, 0) is 12.1 Å². The Kier molecular flexibility index (Phi) is 3.81. The molecule has 0 saturated heterocycles. The van der Waals surface area contributed by atoms with Gasteiger partial charge in [0.05, 0.1) is 21.7 Å². The Labute approximate surface area is 127 Å². The monoisotopic (exact) mass is 303 g/mol. The second-order valence-corrected chi connectivity index (χ2v) is 6.89. The maximum atomic E-state index is 4.67. The molecule has 3 rings (SSSR count). The summed E-state index contributed by atoms with van der Waals surface area (Å²) >= 11 is 3.50. The molecule has 0 aliphatic rings. The van der Waals surface area contributed by atoms with E-state index < -0.39 is 0 Å². The van der Waals surface area contributed by atoms with Crippen LogP contribution in [-0.2, 0) is 12.8 Å². The second-order valence-electron chi connectivity index (χ2n) is 5.06. The van der Waals surface area contributed by atoms with Crippen LogP contribution in [0.15, 0.2) is 34.8 Å². The third-order valence-electron chi connectivity index (χ3n) is 3.16. The van der Waals surface area contributed by atoms with Crippen molar-refractivity contribution < 1.29 is 0 Å². The Morgan fingerprint density at radius 2 is 2.05 bits per heavy atom. The van der Waals surface area contributed by atoms with Crippen molar-refractivity contribution in [2.45, 2.75) is 30.7 Å². The lowest BCUT2D eigenvalue weighted by molar-refractivity contribution is 0.814. The van der Waals surface area contributed by atoms with Crippen molar-refractivity contribution in [3.8, 4) is 0 Å². The number of thioether (sulfide) groups is 1. The number of aryl methyl sites for hydroxylation is 1. The van der Waals surface area contributed by atoms with Gasteiger partial charge in [0, 0.05) is 24.1 Å². The fraction of sp³-hybridized carbons (Fsp3) is 0.333. The maximum absolute atomic E-state index is 4.67. The van der Waals surface area contributed by atoms with Gasteiger partial charge in [0.15, 0.2) is 5.16 Å². The molecule has 0 saturated carbocycles. The van der Waals surface area contributed by atoms with Crippen LogP contribution in [-0.4, -0.2) is 14.5 Å². The molecule has 20 heavy (non-hydrogen) atoms. The molecule has 0 atom stereocenters. The largest absolute Gasteiger partial charge is 0.322 e. The minimum absolute atomic E-state index is 0.509. The standard InChI is InChI=1S/C15H17N3S2/c1-10(2)14-16-11(8-19-14)9-20-15-17-12-6-4-5-7-13(12)18(15)3/h4-8,10H,9H2,1-3H3. The molecule has 0 N–H and O–H groups in total. The van der Waals surface area contributed by atoms with E-state index in [-0.39, 0.29) is 0 Å². The first kappa shape index (κ1) is 13.6. The van der Waals surface area contributed by atoms with Crippen LogP contribution in [0.5, 0.6) is 0 Å². The van der Waals surface area contributed by atoms with Crippen molar-refractivity contribution in [3.63, 3.8) is 0 Å². The number of hydrogen-bond acceptors (Lipinski definition) is 4. The number of thiazole rings is 1. The van der Waals surface area contributed by atoms with Crippen LogP contribution in [0.3, 0.4) is 0 Å². The molecule has 0 aliphatic carbocycles. The molecule has 2 aromatic heterocycles. The summed E-state index contributed by atoms with van der Waals surface area (Å²) in [6, 6.07) is 8.23. The molecule has 5 heteroatoms. The molecule has 1 aromatic carbocycles. The van der Waals surface area contributed by atoms with Crippen molar-refractivity contribution in [1.82, 2.24) is 14.5 Å². The van der Waals surface area contributed by atoms with E-state index in [0.29, 0.717) is 5.92 Å². The van der Waals surface area contributed by atoms with E-state index in [0.717, 1.165) is 22.1 Å². The van der Waals surface area contributed by atoms with Crippen LogP contribution >= 0.6 is 23.1 Å². The van der Waals surface area contributed by atoms with Gasteiger partial charge in [-0.25, -0.2) is 9.97 Å². The minimum Gasteiger partial charge on any atom is -0.322 e. The van der Waals surface area contributed by atoms with Crippen molar-refractivity contribution in [2.24, 2.45) is 7.05 Å². The average molecular weight is 303 g/mol. The van der Waals surface area contributed by atoms with Crippen LogP contribution in [0.2, 0.25) is 0 Å². The second kappa shape index (κ2) is 5.58. The molecule has 0 amide bonds. The predicted octanol–water partition coefficient (Wildman–Crippen LogP) is 4.45. The zero-order valence-electron chi connectivity index (χ0n) is 11.8. The lowest BCUT2D eigenvalue weighted by atomic mass is 10.2. The summed E-state index contributed by atoms with van der Waals surface area (Å²) in [5.74, 6) is 1.38. The smallest absolute Gasteiger partial charge is 0.169 e. The summed E-state index contributed by atoms with van der Waals surface area (Å²) in [5.41, 5.74) is 3.38. The van der Waals surface area contributed by atoms with E-state index in [1.165, 1.54) is 10.5 Å². The molecule has 3 nitrogen and oxygen atoms in total.